The summed E-state index contributed by atoms with van der Waals surface area (Å²) >= 11 is 5.11. The predicted octanol–water partition coefficient (Wildman–Crippen LogP) is 3.92. The smallest absolute Gasteiger partial charge is 0.0690 e. The Morgan fingerprint density at radius 2 is 2.15 bits per heavy atom. The standard InChI is InChI=1S/C15H19BrN2OS/c1-11(2)18-7-6-13(17-18)9-14(19)10-20-15-5-3-4-12(16)8-15/h3-8,11,14,19H,9-10H2,1-2H3. The van der Waals surface area contributed by atoms with E-state index in [1.165, 1.54) is 0 Å². The Kier molecular flexibility index (Phi) is 5.69. The van der Waals surface area contributed by atoms with Crippen molar-refractivity contribution in [2.75, 3.05) is 5.75 Å². The summed E-state index contributed by atoms with van der Waals surface area (Å²) in [6.45, 7) is 4.19. The lowest BCUT2D eigenvalue weighted by Gasteiger charge is -2.09. The molecule has 2 aromatic rings. The van der Waals surface area contributed by atoms with Crippen molar-refractivity contribution in [2.45, 2.75) is 37.3 Å². The molecule has 1 unspecified atom stereocenters. The molecule has 108 valence electrons. The minimum atomic E-state index is -0.380. The van der Waals surface area contributed by atoms with Crippen LogP contribution in [0.3, 0.4) is 0 Å². The van der Waals surface area contributed by atoms with Gasteiger partial charge in [-0.2, -0.15) is 5.10 Å². The molecule has 1 aromatic carbocycles. The highest BCUT2D eigenvalue weighted by molar-refractivity contribution is 9.10. The normalized spacial score (nSPS) is 12.8. The lowest BCUT2D eigenvalue weighted by molar-refractivity contribution is 0.198. The number of hydrogen-bond acceptors (Lipinski definition) is 3. The second-order valence-electron chi connectivity index (χ2n) is 5.01. The van der Waals surface area contributed by atoms with E-state index in [0.717, 1.165) is 15.1 Å². The van der Waals surface area contributed by atoms with Crippen molar-refractivity contribution in [2.24, 2.45) is 0 Å². The van der Waals surface area contributed by atoms with Crippen LogP contribution in [0.15, 0.2) is 45.9 Å². The van der Waals surface area contributed by atoms with Gasteiger partial charge in [-0.1, -0.05) is 22.0 Å². The van der Waals surface area contributed by atoms with Gasteiger partial charge < -0.3 is 5.11 Å². The Balaban J connectivity index is 1.84. The fraction of sp³-hybridized carbons (Fsp3) is 0.400. The highest BCUT2D eigenvalue weighted by Gasteiger charge is 2.10. The third-order valence-corrected chi connectivity index (χ3v) is 4.51. The van der Waals surface area contributed by atoms with Gasteiger partial charge in [-0.15, -0.1) is 11.8 Å². The molecule has 5 heteroatoms. The zero-order chi connectivity index (χ0) is 14.5. The monoisotopic (exact) mass is 354 g/mol. The van der Waals surface area contributed by atoms with Crippen molar-refractivity contribution in [3.63, 3.8) is 0 Å². The van der Waals surface area contributed by atoms with Crippen LogP contribution in [-0.4, -0.2) is 26.7 Å². The number of thioether (sulfide) groups is 1. The van der Waals surface area contributed by atoms with E-state index < -0.39 is 0 Å². The summed E-state index contributed by atoms with van der Waals surface area (Å²) in [6.07, 6.45) is 2.18. The van der Waals surface area contributed by atoms with Gasteiger partial charge in [0.25, 0.3) is 0 Å². The molecule has 0 radical (unpaired) electrons. The summed E-state index contributed by atoms with van der Waals surface area (Å²) in [4.78, 5) is 1.16. The minimum Gasteiger partial charge on any atom is -0.392 e. The summed E-state index contributed by atoms with van der Waals surface area (Å²) in [6, 6.07) is 10.5. The largest absolute Gasteiger partial charge is 0.392 e. The number of aliphatic hydroxyl groups is 1. The molecule has 1 atom stereocenters. The highest BCUT2D eigenvalue weighted by atomic mass is 79.9. The van der Waals surface area contributed by atoms with E-state index in [9.17, 15) is 5.11 Å². The van der Waals surface area contributed by atoms with Gasteiger partial charge in [0.15, 0.2) is 0 Å². The molecule has 0 amide bonds. The molecule has 1 aromatic heterocycles. The molecular weight excluding hydrogens is 336 g/mol. The Morgan fingerprint density at radius 1 is 1.35 bits per heavy atom. The van der Waals surface area contributed by atoms with Crippen LogP contribution in [0.5, 0.6) is 0 Å². The Bertz CT molecular complexity index is 556. The second-order valence-corrected chi connectivity index (χ2v) is 7.02. The molecule has 0 aliphatic rings. The van der Waals surface area contributed by atoms with Crippen molar-refractivity contribution >= 4 is 27.7 Å². The van der Waals surface area contributed by atoms with E-state index in [-0.39, 0.29) is 6.10 Å². The van der Waals surface area contributed by atoms with Gasteiger partial charge in [0.05, 0.1) is 11.8 Å². The van der Waals surface area contributed by atoms with Crippen LogP contribution in [0.25, 0.3) is 0 Å². The minimum absolute atomic E-state index is 0.358. The van der Waals surface area contributed by atoms with Crippen molar-refractivity contribution in [1.29, 1.82) is 0 Å². The quantitative estimate of drug-likeness (QED) is 0.798. The molecule has 0 spiro atoms. The predicted molar refractivity (Wildman–Crippen MR) is 87.2 cm³/mol. The first-order valence-corrected chi connectivity index (χ1v) is 8.43. The number of aliphatic hydroxyl groups excluding tert-OH is 1. The zero-order valence-corrected chi connectivity index (χ0v) is 14.1. The maximum absolute atomic E-state index is 10.1. The molecule has 1 N–H and O–H groups in total. The number of aromatic nitrogens is 2. The number of benzene rings is 1. The lowest BCUT2D eigenvalue weighted by atomic mass is 10.2. The maximum atomic E-state index is 10.1. The van der Waals surface area contributed by atoms with Gasteiger partial charge in [-0.05, 0) is 38.1 Å². The highest BCUT2D eigenvalue weighted by Crippen LogP contribution is 2.23. The molecule has 3 nitrogen and oxygen atoms in total. The first-order chi connectivity index (χ1) is 9.54. The van der Waals surface area contributed by atoms with E-state index >= 15 is 0 Å². The summed E-state index contributed by atoms with van der Waals surface area (Å²) in [7, 11) is 0. The van der Waals surface area contributed by atoms with Gasteiger partial charge in [0.2, 0.25) is 0 Å². The summed E-state index contributed by atoms with van der Waals surface area (Å²) in [5.41, 5.74) is 0.945. The van der Waals surface area contributed by atoms with Gasteiger partial charge >= 0.3 is 0 Å². The lowest BCUT2D eigenvalue weighted by Crippen LogP contribution is -2.14. The van der Waals surface area contributed by atoms with E-state index in [0.29, 0.717) is 18.2 Å². The van der Waals surface area contributed by atoms with Crippen LogP contribution < -0.4 is 0 Å². The molecule has 0 bridgehead atoms. The second kappa shape index (κ2) is 7.29. The average molecular weight is 355 g/mol. The van der Waals surface area contributed by atoms with Crippen LogP contribution >= 0.6 is 27.7 Å². The number of rotatable bonds is 6. The Hall–Kier alpha value is -0.780. The first kappa shape index (κ1) is 15.6. The Labute approximate surface area is 132 Å². The summed E-state index contributed by atoms with van der Waals surface area (Å²) < 4.78 is 2.98. The van der Waals surface area contributed by atoms with Gasteiger partial charge in [0.1, 0.15) is 0 Å². The van der Waals surface area contributed by atoms with E-state index in [2.05, 4.69) is 47.0 Å². The maximum Gasteiger partial charge on any atom is 0.0690 e. The average Bonchev–Trinajstić information content (AvgIpc) is 2.85. The van der Waals surface area contributed by atoms with Crippen LogP contribution in [0.2, 0.25) is 0 Å². The first-order valence-electron chi connectivity index (χ1n) is 6.65. The van der Waals surface area contributed by atoms with Gasteiger partial charge in [0, 0.05) is 33.8 Å². The van der Waals surface area contributed by atoms with Crippen molar-refractivity contribution in [1.82, 2.24) is 9.78 Å². The van der Waals surface area contributed by atoms with Gasteiger partial charge in [-0.25, -0.2) is 0 Å². The van der Waals surface area contributed by atoms with Crippen LogP contribution in [0.4, 0.5) is 0 Å². The summed E-state index contributed by atoms with van der Waals surface area (Å²) in [5.74, 6) is 0.672. The van der Waals surface area contributed by atoms with E-state index in [1.807, 2.05) is 29.1 Å². The number of halogens is 1. The SMILES string of the molecule is CC(C)n1ccc(CC(O)CSc2cccc(Br)c2)n1. The Morgan fingerprint density at radius 3 is 2.80 bits per heavy atom. The van der Waals surface area contributed by atoms with Crippen molar-refractivity contribution < 1.29 is 5.11 Å². The molecule has 2 rings (SSSR count). The van der Waals surface area contributed by atoms with Crippen LogP contribution in [0.1, 0.15) is 25.6 Å². The molecule has 0 saturated heterocycles. The summed E-state index contributed by atoms with van der Waals surface area (Å²) in [5, 5.41) is 14.6. The van der Waals surface area contributed by atoms with E-state index in [1.54, 1.807) is 11.8 Å². The molecule has 0 saturated carbocycles. The topological polar surface area (TPSA) is 38.0 Å². The number of nitrogens with zero attached hydrogens (tertiary/aromatic N) is 2. The molecule has 0 fully saturated rings. The van der Waals surface area contributed by atoms with Crippen LogP contribution in [0, 0.1) is 0 Å². The third kappa shape index (κ3) is 4.65. The van der Waals surface area contributed by atoms with Crippen LogP contribution in [-0.2, 0) is 6.42 Å². The molecular formula is C15H19BrN2OS. The fourth-order valence-corrected chi connectivity index (χ4v) is 3.26. The van der Waals surface area contributed by atoms with Gasteiger partial charge in [-0.3, -0.25) is 4.68 Å². The number of hydrogen-bond donors (Lipinski definition) is 1. The zero-order valence-electron chi connectivity index (χ0n) is 11.7. The molecule has 1 heterocycles. The molecule has 20 heavy (non-hydrogen) atoms. The van der Waals surface area contributed by atoms with Crippen molar-refractivity contribution in [3.8, 4) is 0 Å². The fourth-order valence-electron chi connectivity index (χ4n) is 1.82. The van der Waals surface area contributed by atoms with Crippen molar-refractivity contribution in [3.05, 3.63) is 46.7 Å². The third-order valence-electron chi connectivity index (χ3n) is 2.88. The molecule has 0 aliphatic carbocycles. The van der Waals surface area contributed by atoms with E-state index in [4.69, 9.17) is 0 Å². The molecule has 0 aliphatic heterocycles.